The Balaban J connectivity index is 1.97. The zero-order chi connectivity index (χ0) is 24.2. The standard InChI is InChI=1S/C22H28Cl2N2O4S3/c1-17-3-7-21(8-4-17)32(27,28)25-11-12-26(16-20(14-24)31-19(13-23)15-25)33(29,30)22-9-5-18(2)6-10-22/h3-10,19-20H,11-16H2,1-2H3/t19-,20+. The topological polar surface area (TPSA) is 74.8 Å². The fourth-order valence-electron chi connectivity index (χ4n) is 3.54. The van der Waals surface area contributed by atoms with Gasteiger partial charge in [-0.05, 0) is 38.1 Å². The Morgan fingerprint density at radius 2 is 1.06 bits per heavy atom. The summed E-state index contributed by atoms with van der Waals surface area (Å²) in [5, 5.41) is -0.449. The minimum atomic E-state index is -3.83. The second-order valence-corrected chi connectivity index (χ2v) is 14.1. The molecule has 1 fully saturated rings. The summed E-state index contributed by atoms with van der Waals surface area (Å²) in [6.45, 7) is 4.16. The lowest BCUT2D eigenvalue weighted by atomic mass is 10.2. The highest BCUT2D eigenvalue weighted by molar-refractivity contribution is 8.00. The number of aryl methyl sites for hydroxylation is 2. The van der Waals surface area contributed by atoms with E-state index >= 15 is 0 Å². The smallest absolute Gasteiger partial charge is 0.207 e. The van der Waals surface area contributed by atoms with Crippen molar-refractivity contribution in [3.63, 3.8) is 0 Å². The maximum absolute atomic E-state index is 13.4. The zero-order valence-corrected chi connectivity index (χ0v) is 22.5. The third kappa shape index (κ3) is 6.45. The Morgan fingerprint density at radius 3 is 1.36 bits per heavy atom. The maximum Gasteiger partial charge on any atom is 0.243 e. The normalized spacial score (nSPS) is 21.8. The number of thioether (sulfide) groups is 1. The van der Waals surface area contributed by atoms with Crippen LogP contribution in [-0.2, 0) is 20.0 Å². The van der Waals surface area contributed by atoms with E-state index in [1.54, 1.807) is 48.5 Å². The number of halogens is 2. The van der Waals surface area contributed by atoms with E-state index in [-0.39, 0.29) is 58.2 Å². The minimum absolute atomic E-state index is 0.0181. The van der Waals surface area contributed by atoms with E-state index in [4.69, 9.17) is 23.2 Å². The molecule has 0 amide bonds. The van der Waals surface area contributed by atoms with Crippen LogP contribution >= 0.6 is 35.0 Å². The highest BCUT2D eigenvalue weighted by Crippen LogP contribution is 2.29. The lowest BCUT2D eigenvalue weighted by Crippen LogP contribution is -2.43. The molecule has 33 heavy (non-hydrogen) atoms. The average Bonchev–Trinajstić information content (AvgIpc) is 2.88. The number of alkyl halides is 2. The Kier molecular flexibility index (Phi) is 9.16. The van der Waals surface area contributed by atoms with Crippen molar-refractivity contribution in [1.82, 2.24) is 8.61 Å². The van der Waals surface area contributed by atoms with E-state index < -0.39 is 20.0 Å². The summed E-state index contributed by atoms with van der Waals surface area (Å²) in [7, 11) is -7.67. The quantitative estimate of drug-likeness (QED) is 0.509. The molecule has 0 N–H and O–H groups in total. The van der Waals surface area contributed by atoms with Gasteiger partial charge in [0.2, 0.25) is 20.0 Å². The molecular weight excluding hydrogens is 523 g/mol. The summed E-state index contributed by atoms with van der Waals surface area (Å²) < 4.78 is 56.4. The van der Waals surface area contributed by atoms with Crippen LogP contribution in [0.3, 0.4) is 0 Å². The third-order valence-corrected chi connectivity index (χ3v) is 11.7. The molecule has 0 saturated carbocycles. The van der Waals surface area contributed by atoms with Crippen LogP contribution in [0.1, 0.15) is 11.1 Å². The average molecular weight is 552 g/mol. The van der Waals surface area contributed by atoms with Crippen molar-refractivity contribution < 1.29 is 16.8 Å². The van der Waals surface area contributed by atoms with Crippen LogP contribution in [-0.4, -0.2) is 73.9 Å². The van der Waals surface area contributed by atoms with Crippen LogP contribution < -0.4 is 0 Å². The molecule has 2 aromatic carbocycles. The molecule has 0 aromatic heterocycles. The molecule has 1 aliphatic rings. The number of hydrogen-bond acceptors (Lipinski definition) is 5. The van der Waals surface area contributed by atoms with Crippen LogP contribution in [0.5, 0.6) is 0 Å². The molecule has 3 rings (SSSR count). The first-order valence-corrected chi connectivity index (χ1v) is 15.4. The highest BCUT2D eigenvalue weighted by Gasteiger charge is 2.34. The van der Waals surface area contributed by atoms with Crippen LogP contribution in [0.2, 0.25) is 0 Å². The minimum Gasteiger partial charge on any atom is -0.207 e. The van der Waals surface area contributed by atoms with Gasteiger partial charge in [0, 0.05) is 48.4 Å². The SMILES string of the molecule is Cc1ccc(S(=O)(=O)N2CCN(S(=O)(=O)c3ccc(C)cc3)C[C@H](CCl)S[C@H](CCl)C2)cc1. The monoisotopic (exact) mass is 550 g/mol. The first-order valence-electron chi connectivity index (χ1n) is 10.5. The first kappa shape index (κ1) is 26.8. The number of nitrogens with zero attached hydrogens (tertiary/aromatic N) is 2. The Labute approximate surface area is 211 Å². The van der Waals surface area contributed by atoms with Gasteiger partial charge in [0.1, 0.15) is 0 Å². The van der Waals surface area contributed by atoms with Crippen molar-refractivity contribution in [3.05, 3.63) is 59.7 Å². The third-order valence-electron chi connectivity index (χ3n) is 5.46. The summed E-state index contributed by atoms with van der Waals surface area (Å²) in [5.74, 6) is 0.450. The summed E-state index contributed by atoms with van der Waals surface area (Å²) in [6, 6.07) is 13.3. The fraction of sp³-hybridized carbons (Fsp3) is 0.455. The van der Waals surface area contributed by atoms with E-state index in [1.807, 2.05) is 13.8 Å². The predicted molar refractivity (Wildman–Crippen MR) is 136 cm³/mol. The number of rotatable bonds is 6. The molecule has 1 saturated heterocycles. The Bertz CT molecular complexity index is 1050. The fourth-order valence-corrected chi connectivity index (χ4v) is 8.54. The number of sulfonamides is 2. The molecule has 0 aliphatic carbocycles. The van der Waals surface area contributed by atoms with E-state index in [2.05, 4.69) is 0 Å². The van der Waals surface area contributed by atoms with Gasteiger partial charge < -0.3 is 0 Å². The summed E-state index contributed by atoms with van der Waals surface area (Å²) in [6.07, 6.45) is 0. The molecule has 2 aromatic rings. The lowest BCUT2D eigenvalue weighted by Gasteiger charge is -2.26. The molecule has 182 valence electrons. The molecule has 11 heteroatoms. The highest BCUT2D eigenvalue weighted by atomic mass is 35.5. The van der Waals surface area contributed by atoms with E-state index in [9.17, 15) is 16.8 Å². The van der Waals surface area contributed by atoms with Gasteiger partial charge >= 0.3 is 0 Å². The van der Waals surface area contributed by atoms with Gasteiger partial charge in [-0.1, -0.05) is 35.4 Å². The van der Waals surface area contributed by atoms with Crippen LogP contribution in [0.4, 0.5) is 0 Å². The summed E-state index contributed by atoms with van der Waals surface area (Å²) in [4.78, 5) is 0.347. The van der Waals surface area contributed by atoms with Crippen molar-refractivity contribution in [3.8, 4) is 0 Å². The van der Waals surface area contributed by atoms with Gasteiger partial charge in [-0.2, -0.15) is 8.61 Å². The van der Waals surface area contributed by atoms with Crippen molar-refractivity contribution in [1.29, 1.82) is 0 Å². The van der Waals surface area contributed by atoms with Crippen LogP contribution in [0.15, 0.2) is 58.3 Å². The van der Waals surface area contributed by atoms with Crippen LogP contribution in [0.25, 0.3) is 0 Å². The molecule has 0 spiro atoms. The maximum atomic E-state index is 13.4. The van der Waals surface area contributed by atoms with E-state index in [1.165, 1.54) is 20.4 Å². The number of benzene rings is 2. The van der Waals surface area contributed by atoms with Gasteiger partial charge in [-0.25, -0.2) is 16.8 Å². The Morgan fingerprint density at radius 1 is 0.727 bits per heavy atom. The van der Waals surface area contributed by atoms with Crippen molar-refractivity contribution >= 4 is 55.0 Å². The number of hydrogen-bond donors (Lipinski definition) is 0. The van der Waals surface area contributed by atoms with Crippen molar-refractivity contribution in [2.24, 2.45) is 0 Å². The van der Waals surface area contributed by atoms with Gasteiger partial charge in [-0.15, -0.1) is 35.0 Å². The second kappa shape index (κ2) is 11.3. The van der Waals surface area contributed by atoms with Crippen molar-refractivity contribution in [2.45, 2.75) is 34.1 Å². The van der Waals surface area contributed by atoms with Crippen molar-refractivity contribution in [2.75, 3.05) is 37.9 Å². The summed E-state index contributed by atoms with van der Waals surface area (Å²) in [5.41, 5.74) is 1.90. The van der Waals surface area contributed by atoms with Crippen LogP contribution in [0, 0.1) is 13.8 Å². The molecule has 0 bridgehead atoms. The largest absolute Gasteiger partial charge is 0.243 e. The molecule has 0 unspecified atom stereocenters. The molecule has 2 atom stereocenters. The molecule has 1 heterocycles. The van der Waals surface area contributed by atoms with Gasteiger partial charge in [0.05, 0.1) is 9.79 Å². The lowest BCUT2D eigenvalue weighted by molar-refractivity contribution is 0.352. The molecule has 1 aliphatic heterocycles. The zero-order valence-electron chi connectivity index (χ0n) is 18.5. The van der Waals surface area contributed by atoms with Gasteiger partial charge in [0.15, 0.2) is 0 Å². The first-order chi connectivity index (χ1) is 15.6. The van der Waals surface area contributed by atoms with Gasteiger partial charge in [-0.3, -0.25) is 0 Å². The molecule has 0 radical (unpaired) electrons. The Hall–Kier alpha value is -0.810. The van der Waals surface area contributed by atoms with E-state index in [0.29, 0.717) is 0 Å². The van der Waals surface area contributed by atoms with E-state index in [0.717, 1.165) is 11.1 Å². The molecule has 6 nitrogen and oxygen atoms in total. The summed E-state index contributed by atoms with van der Waals surface area (Å²) >= 11 is 13.8. The second-order valence-electron chi connectivity index (χ2n) is 8.04. The van der Waals surface area contributed by atoms with Gasteiger partial charge in [0.25, 0.3) is 0 Å². The predicted octanol–water partition coefficient (Wildman–Crippen LogP) is 3.95. The molecular formula is C22H28Cl2N2O4S3.